The molecule has 80 valence electrons. The number of fused-ring (bicyclic) bond motifs is 1. The van der Waals surface area contributed by atoms with E-state index >= 15 is 0 Å². The zero-order valence-corrected chi connectivity index (χ0v) is 9.18. The van der Waals surface area contributed by atoms with Crippen LogP contribution in [0.4, 0.5) is 0 Å². The molecule has 1 fully saturated rings. The minimum absolute atomic E-state index is 0.482. The largest absolute Gasteiger partial charge is 0.493 e. The molecule has 3 heteroatoms. The van der Waals surface area contributed by atoms with Gasteiger partial charge in [-0.15, -0.1) is 0 Å². The first-order valence-corrected chi connectivity index (χ1v) is 5.71. The van der Waals surface area contributed by atoms with Crippen molar-refractivity contribution in [1.29, 1.82) is 0 Å². The van der Waals surface area contributed by atoms with Crippen molar-refractivity contribution >= 4 is 11.6 Å². The second-order valence-corrected chi connectivity index (χ2v) is 4.99. The molecule has 2 nitrogen and oxygen atoms in total. The molecule has 3 rings (SSSR count). The van der Waals surface area contributed by atoms with Crippen LogP contribution in [0.25, 0.3) is 0 Å². The second-order valence-electron chi connectivity index (χ2n) is 4.55. The summed E-state index contributed by atoms with van der Waals surface area (Å²) >= 11 is 6.04. The summed E-state index contributed by atoms with van der Waals surface area (Å²) < 4.78 is 5.59. The van der Waals surface area contributed by atoms with E-state index in [0.717, 1.165) is 42.2 Å². The van der Waals surface area contributed by atoms with Gasteiger partial charge in [-0.05, 0) is 36.1 Å². The number of benzene rings is 1. The van der Waals surface area contributed by atoms with Gasteiger partial charge in [-0.1, -0.05) is 11.6 Å². The molecule has 0 saturated heterocycles. The van der Waals surface area contributed by atoms with Gasteiger partial charge in [-0.25, -0.2) is 0 Å². The van der Waals surface area contributed by atoms with E-state index in [4.69, 9.17) is 16.3 Å². The SMILES string of the molecule is OC1(Cc2cc(Cl)cc3c2OCC3)CC1. The fraction of sp³-hybridized carbons (Fsp3) is 0.500. The molecule has 0 aromatic heterocycles. The van der Waals surface area contributed by atoms with Crippen molar-refractivity contribution < 1.29 is 9.84 Å². The predicted molar refractivity (Wildman–Crippen MR) is 58.5 cm³/mol. The highest BCUT2D eigenvalue weighted by molar-refractivity contribution is 6.30. The summed E-state index contributed by atoms with van der Waals surface area (Å²) in [6.07, 6.45) is 3.40. The van der Waals surface area contributed by atoms with Gasteiger partial charge in [0, 0.05) is 17.9 Å². The lowest BCUT2D eigenvalue weighted by atomic mass is 10.0. The van der Waals surface area contributed by atoms with Crippen LogP contribution in [0.15, 0.2) is 12.1 Å². The van der Waals surface area contributed by atoms with E-state index in [-0.39, 0.29) is 0 Å². The Hall–Kier alpha value is -0.730. The van der Waals surface area contributed by atoms with Crippen molar-refractivity contribution in [2.24, 2.45) is 0 Å². The fourth-order valence-electron chi connectivity index (χ4n) is 2.15. The Kier molecular flexibility index (Phi) is 1.98. The lowest BCUT2D eigenvalue weighted by molar-refractivity contribution is 0.150. The standard InChI is InChI=1S/C12H13ClO2/c13-10-5-8-1-4-15-11(8)9(6-10)7-12(14)2-3-12/h5-6,14H,1-4,7H2. The molecular formula is C12H13ClO2. The Bertz CT molecular complexity index is 410. The zero-order chi connectivity index (χ0) is 10.5. The van der Waals surface area contributed by atoms with Crippen molar-refractivity contribution in [3.05, 3.63) is 28.3 Å². The number of hydrogen-bond donors (Lipinski definition) is 1. The summed E-state index contributed by atoms with van der Waals surface area (Å²) in [4.78, 5) is 0. The fourth-order valence-corrected chi connectivity index (χ4v) is 2.42. The first kappa shape index (κ1) is 9.49. The summed E-state index contributed by atoms with van der Waals surface area (Å²) in [6.45, 7) is 0.737. The van der Waals surface area contributed by atoms with E-state index in [1.54, 1.807) is 0 Å². The average molecular weight is 225 g/mol. The molecule has 1 heterocycles. The minimum atomic E-state index is -0.482. The molecular weight excluding hydrogens is 212 g/mol. The highest BCUT2D eigenvalue weighted by Crippen LogP contribution is 2.42. The maximum atomic E-state index is 9.91. The number of halogens is 1. The molecule has 0 atom stereocenters. The van der Waals surface area contributed by atoms with Crippen LogP contribution in [0.1, 0.15) is 24.0 Å². The maximum Gasteiger partial charge on any atom is 0.126 e. The lowest BCUT2D eigenvalue weighted by Gasteiger charge is -2.12. The predicted octanol–water partition coefficient (Wildman–Crippen LogP) is 2.34. The first-order chi connectivity index (χ1) is 7.16. The molecule has 0 amide bonds. The summed E-state index contributed by atoms with van der Waals surface area (Å²) in [5.74, 6) is 0.958. The average Bonchev–Trinajstić information content (AvgIpc) is 2.73. The van der Waals surface area contributed by atoms with Gasteiger partial charge in [0.15, 0.2) is 0 Å². The number of rotatable bonds is 2. The van der Waals surface area contributed by atoms with Crippen molar-refractivity contribution in [3.63, 3.8) is 0 Å². The van der Waals surface area contributed by atoms with E-state index in [1.807, 2.05) is 12.1 Å². The molecule has 0 radical (unpaired) electrons. The Labute approximate surface area is 93.8 Å². The van der Waals surface area contributed by atoms with Crippen LogP contribution in [0, 0.1) is 0 Å². The van der Waals surface area contributed by atoms with Gasteiger partial charge < -0.3 is 9.84 Å². The molecule has 15 heavy (non-hydrogen) atoms. The van der Waals surface area contributed by atoms with Gasteiger partial charge in [0.2, 0.25) is 0 Å². The third-order valence-electron chi connectivity index (χ3n) is 3.17. The summed E-state index contributed by atoms with van der Waals surface area (Å²) in [5.41, 5.74) is 1.77. The molecule has 0 bridgehead atoms. The Morgan fingerprint density at radius 1 is 1.40 bits per heavy atom. The molecule has 1 saturated carbocycles. The quantitative estimate of drug-likeness (QED) is 0.836. The molecule has 1 N–H and O–H groups in total. The van der Waals surface area contributed by atoms with E-state index < -0.39 is 5.60 Å². The first-order valence-electron chi connectivity index (χ1n) is 5.33. The van der Waals surface area contributed by atoms with Gasteiger partial charge in [-0.2, -0.15) is 0 Å². The third-order valence-corrected chi connectivity index (χ3v) is 3.39. The van der Waals surface area contributed by atoms with Gasteiger partial charge in [0.1, 0.15) is 5.75 Å². The summed E-state index contributed by atoms with van der Waals surface area (Å²) in [7, 11) is 0. The normalized spacial score (nSPS) is 20.9. The second kappa shape index (κ2) is 3.13. The number of aliphatic hydroxyl groups is 1. The van der Waals surface area contributed by atoms with Crippen LogP contribution in [-0.2, 0) is 12.8 Å². The van der Waals surface area contributed by atoms with Crippen LogP contribution >= 0.6 is 11.6 Å². The van der Waals surface area contributed by atoms with Gasteiger partial charge in [-0.3, -0.25) is 0 Å². The van der Waals surface area contributed by atoms with Crippen molar-refractivity contribution in [3.8, 4) is 5.75 Å². The molecule has 1 aliphatic carbocycles. The molecule has 1 aromatic carbocycles. The number of ether oxygens (including phenoxy) is 1. The van der Waals surface area contributed by atoms with E-state index in [0.29, 0.717) is 6.42 Å². The Morgan fingerprint density at radius 3 is 2.93 bits per heavy atom. The van der Waals surface area contributed by atoms with Crippen LogP contribution in [0.2, 0.25) is 5.02 Å². The van der Waals surface area contributed by atoms with E-state index in [2.05, 4.69) is 0 Å². The molecule has 2 aliphatic rings. The molecule has 1 aliphatic heterocycles. The Morgan fingerprint density at radius 2 is 2.20 bits per heavy atom. The topological polar surface area (TPSA) is 29.5 Å². The van der Waals surface area contributed by atoms with Gasteiger partial charge in [0.25, 0.3) is 0 Å². The van der Waals surface area contributed by atoms with Crippen molar-refractivity contribution in [1.82, 2.24) is 0 Å². The van der Waals surface area contributed by atoms with Gasteiger partial charge in [0.05, 0.1) is 12.2 Å². The van der Waals surface area contributed by atoms with Gasteiger partial charge >= 0.3 is 0 Å². The minimum Gasteiger partial charge on any atom is -0.493 e. The molecule has 0 unspecified atom stereocenters. The summed E-state index contributed by atoms with van der Waals surface area (Å²) in [5, 5.41) is 10.7. The van der Waals surface area contributed by atoms with Crippen LogP contribution in [0.3, 0.4) is 0 Å². The molecule has 0 spiro atoms. The summed E-state index contributed by atoms with van der Waals surface area (Å²) in [6, 6.07) is 3.88. The zero-order valence-electron chi connectivity index (χ0n) is 8.42. The van der Waals surface area contributed by atoms with Crippen molar-refractivity contribution in [2.45, 2.75) is 31.3 Å². The highest BCUT2D eigenvalue weighted by atomic mass is 35.5. The van der Waals surface area contributed by atoms with Crippen LogP contribution in [0.5, 0.6) is 5.75 Å². The van der Waals surface area contributed by atoms with Crippen LogP contribution < -0.4 is 4.74 Å². The monoisotopic (exact) mass is 224 g/mol. The molecule has 1 aromatic rings. The van der Waals surface area contributed by atoms with E-state index in [9.17, 15) is 5.11 Å². The van der Waals surface area contributed by atoms with Crippen molar-refractivity contribution in [2.75, 3.05) is 6.61 Å². The maximum absolute atomic E-state index is 9.91. The number of hydrogen-bond acceptors (Lipinski definition) is 2. The Balaban J connectivity index is 1.99. The highest BCUT2D eigenvalue weighted by Gasteiger charge is 2.41. The lowest BCUT2D eigenvalue weighted by Crippen LogP contribution is -2.11. The third kappa shape index (κ3) is 1.72. The van der Waals surface area contributed by atoms with E-state index in [1.165, 1.54) is 5.56 Å². The van der Waals surface area contributed by atoms with Crippen LogP contribution in [-0.4, -0.2) is 17.3 Å². The smallest absolute Gasteiger partial charge is 0.126 e.